The van der Waals surface area contributed by atoms with Gasteiger partial charge >= 0.3 is 5.97 Å². The molecule has 1 amide bonds. The average Bonchev–Trinajstić information content (AvgIpc) is 3.09. The number of thioether (sulfide) groups is 1. The van der Waals surface area contributed by atoms with Crippen LogP contribution in [0.2, 0.25) is 0 Å². The monoisotopic (exact) mass is 384 g/mol. The number of nitrogens with one attached hydrogen (secondary N) is 1. The van der Waals surface area contributed by atoms with Crippen molar-refractivity contribution in [3.8, 4) is 0 Å². The van der Waals surface area contributed by atoms with Crippen LogP contribution in [0.4, 0.5) is 0 Å². The number of hydrogen-bond donors (Lipinski definition) is 5. The Morgan fingerprint density at radius 2 is 2.23 bits per heavy atom. The lowest BCUT2D eigenvalue weighted by molar-refractivity contribution is -0.163. The number of aliphatic hydroxyl groups excluding tert-OH is 1. The third-order valence-electron chi connectivity index (χ3n) is 5.37. The van der Waals surface area contributed by atoms with Crippen LogP contribution < -0.4 is 11.1 Å². The van der Waals surface area contributed by atoms with E-state index >= 15 is 0 Å². The number of β-lactam (4-membered cyclic amide) rings is 1. The summed E-state index contributed by atoms with van der Waals surface area (Å²) in [6.45, 7) is 4.15. The Bertz CT molecular complexity index is 680. The maximum atomic E-state index is 12.3. The zero-order valence-electron chi connectivity index (χ0n) is 14.6. The maximum Gasteiger partial charge on any atom is 0.353 e. The van der Waals surface area contributed by atoms with Crippen LogP contribution >= 0.6 is 11.8 Å². The molecule has 6 atom stereocenters. The Hall–Kier alpha value is -1.78. The minimum absolute atomic E-state index is 0.0503. The number of amidine groups is 1. The molecule has 3 aliphatic heterocycles. The molecule has 2 saturated heterocycles. The lowest BCUT2D eigenvalue weighted by atomic mass is 9.79. The van der Waals surface area contributed by atoms with Crippen LogP contribution in [0, 0.1) is 11.8 Å². The molecule has 2 fully saturated rings. The molecule has 0 spiro atoms. The number of amides is 1. The minimum Gasteiger partial charge on any atom is -0.477 e. The van der Waals surface area contributed by atoms with E-state index in [4.69, 9.17) is 10.9 Å². The molecule has 0 aromatic heterocycles. The molecule has 0 aromatic carbocycles. The van der Waals surface area contributed by atoms with Crippen LogP contribution in [0.25, 0.3) is 0 Å². The summed E-state index contributed by atoms with van der Waals surface area (Å²) in [7, 11) is 0. The molecule has 0 aromatic rings. The number of nitrogens with zero attached hydrogens (tertiary/aromatic N) is 2. The van der Waals surface area contributed by atoms with Crippen molar-refractivity contribution in [2.75, 3.05) is 6.54 Å². The van der Waals surface area contributed by atoms with E-state index in [1.807, 2.05) is 6.92 Å². The lowest BCUT2D eigenvalue weighted by Crippen LogP contribution is -2.63. The maximum absolute atomic E-state index is 12.3. The predicted octanol–water partition coefficient (Wildman–Crippen LogP) is -0.260. The molecule has 0 aliphatic carbocycles. The number of carboxylic acids is 1. The average molecular weight is 384 g/mol. The van der Waals surface area contributed by atoms with Gasteiger partial charge in [-0.25, -0.2) is 4.79 Å². The highest BCUT2D eigenvalue weighted by atomic mass is 32.2. The Balaban J connectivity index is 1.75. The molecule has 3 aliphatic rings. The zero-order valence-corrected chi connectivity index (χ0v) is 15.4. The summed E-state index contributed by atoms with van der Waals surface area (Å²) in [4.78, 5) is 26.1. The number of aliphatic carboxylic acids is 1. The van der Waals surface area contributed by atoms with Gasteiger partial charge in [-0.1, -0.05) is 12.1 Å². The standard InChI is InChI=1S/C16H24N4O5S/c1-6-12-11(7(2)21)15(22)20(12)13(16(23)24)14(6)26-9-3-8(18-5-9)4-10(17)19-25/h6-9,11-12,18,21,25H,3-5H2,1-2H3,(H2,17,19)(H,23,24)/t6-,7-,8+,9+,11+,12-/m1/s1. The molecule has 3 rings (SSSR count). The van der Waals surface area contributed by atoms with E-state index in [0.717, 1.165) is 6.42 Å². The van der Waals surface area contributed by atoms with Crippen molar-refractivity contribution in [1.29, 1.82) is 0 Å². The van der Waals surface area contributed by atoms with Gasteiger partial charge < -0.3 is 31.4 Å². The number of hydrogen-bond acceptors (Lipinski definition) is 7. The van der Waals surface area contributed by atoms with Crippen molar-refractivity contribution in [3.05, 3.63) is 10.6 Å². The number of rotatable bonds is 6. The Morgan fingerprint density at radius 1 is 1.54 bits per heavy atom. The van der Waals surface area contributed by atoms with Crippen molar-refractivity contribution >= 4 is 29.5 Å². The summed E-state index contributed by atoms with van der Waals surface area (Å²) in [5, 5.41) is 34.6. The summed E-state index contributed by atoms with van der Waals surface area (Å²) in [5.41, 5.74) is 5.60. The number of aliphatic hydroxyl groups is 1. The summed E-state index contributed by atoms with van der Waals surface area (Å²) in [5.74, 6) is -1.96. The van der Waals surface area contributed by atoms with E-state index in [0.29, 0.717) is 17.9 Å². The topological polar surface area (TPSA) is 148 Å². The van der Waals surface area contributed by atoms with Crippen molar-refractivity contribution in [1.82, 2.24) is 10.2 Å². The third-order valence-corrected chi connectivity index (χ3v) is 6.88. The highest BCUT2D eigenvalue weighted by Crippen LogP contribution is 2.51. The minimum atomic E-state index is -1.11. The van der Waals surface area contributed by atoms with Gasteiger partial charge in [-0.05, 0) is 13.3 Å². The van der Waals surface area contributed by atoms with Crippen LogP contribution in [-0.2, 0) is 9.59 Å². The first-order chi connectivity index (χ1) is 12.3. The lowest BCUT2D eigenvalue weighted by Gasteiger charge is -2.46. The largest absolute Gasteiger partial charge is 0.477 e. The first-order valence-electron chi connectivity index (χ1n) is 8.61. The number of carboxylic acid groups (broad SMARTS) is 1. The molecule has 6 N–H and O–H groups in total. The number of carbonyl (C=O) groups is 2. The fourth-order valence-corrected chi connectivity index (χ4v) is 5.70. The first kappa shape index (κ1) is 19.0. The second kappa shape index (κ2) is 7.09. The van der Waals surface area contributed by atoms with E-state index in [-0.39, 0.29) is 40.7 Å². The fourth-order valence-electron chi connectivity index (χ4n) is 4.18. The van der Waals surface area contributed by atoms with Crippen LogP contribution in [0.1, 0.15) is 26.7 Å². The van der Waals surface area contributed by atoms with E-state index in [9.17, 15) is 19.8 Å². The fraction of sp³-hybridized carbons (Fsp3) is 0.688. The van der Waals surface area contributed by atoms with E-state index in [1.165, 1.54) is 16.7 Å². The quantitative estimate of drug-likeness (QED) is 0.138. The summed E-state index contributed by atoms with van der Waals surface area (Å²) in [6, 6.07) is -0.226. The van der Waals surface area contributed by atoms with Gasteiger partial charge in [0.2, 0.25) is 5.91 Å². The van der Waals surface area contributed by atoms with Gasteiger partial charge in [0.15, 0.2) is 0 Å². The molecule has 144 valence electrons. The SMILES string of the molecule is C[C@@H](O)[C@@H]1C(=O)N2C(C(=O)O)=C(S[C@@H]3CN[C@H](C/C(N)=N/O)C3)[C@H](C)[C@H]12. The molecule has 0 saturated carbocycles. The highest BCUT2D eigenvalue weighted by Gasteiger charge is 2.60. The molecule has 0 radical (unpaired) electrons. The molecule has 3 heterocycles. The van der Waals surface area contributed by atoms with Crippen molar-refractivity contribution in [3.63, 3.8) is 0 Å². The first-order valence-corrected chi connectivity index (χ1v) is 9.49. The van der Waals surface area contributed by atoms with Gasteiger partial charge in [0.05, 0.1) is 18.1 Å². The van der Waals surface area contributed by atoms with Crippen LogP contribution in [0.5, 0.6) is 0 Å². The molecule has 0 unspecified atom stereocenters. The normalized spacial score (nSPS) is 35.5. The zero-order chi connectivity index (χ0) is 19.2. The molecule has 10 heteroatoms. The smallest absolute Gasteiger partial charge is 0.353 e. The highest BCUT2D eigenvalue weighted by molar-refractivity contribution is 8.03. The van der Waals surface area contributed by atoms with E-state index in [2.05, 4.69) is 10.5 Å². The van der Waals surface area contributed by atoms with Crippen LogP contribution in [0.3, 0.4) is 0 Å². The molecular weight excluding hydrogens is 360 g/mol. The van der Waals surface area contributed by atoms with Crippen LogP contribution in [0.15, 0.2) is 15.8 Å². The Morgan fingerprint density at radius 3 is 2.81 bits per heavy atom. The molecule has 26 heavy (non-hydrogen) atoms. The summed E-state index contributed by atoms with van der Waals surface area (Å²) in [6.07, 6.45) is 0.372. The molecular formula is C16H24N4O5S. The molecule has 0 bridgehead atoms. The molecule has 9 nitrogen and oxygen atoms in total. The second-order valence-electron chi connectivity index (χ2n) is 7.15. The van der Waals surface area contributed by atoms with Crippen LogP contribution in [-0.4, -0.2) is 68.0 Å². The second-order valence-corrected chi connectivity index (χ2v) is 8.49. The van der Waals surface area contributed by atoms with Gasteiger partial charge in [-0.2, -0.15) is 0 Å². The van der Waals surface area contributed by atoms with Crippen molar-refractivity contribution in [2.24, 2.45) is 22.7 Å². The Labute approximate surface area is 155 Å². The number of oxime groups is 1. The Kier molecular flexibility index (Phi) is 5.18. The van der Waals surface area contributed by atoms with Gasteiger partial charge in [0.1, 0.15) is 11.5 Å². The van der Waals surface area contributed by atoms with Gasteiger partial charge in [-0.3, -0.25) is 4.79 Å². The van der Waals surface area contributed by atoms with Gasteiger partial charge in [-0.15, -0.1) is 11.8 Å². The van der Waals surface area contributed by atoms with E-state index in [1.54, 1.807) is 6.92 Å². The van der Waals surface area contributed by atoms with Gasteiger partial charge in [0, 0.05) is 35.1 Å². The number of nitrogens with two attached hydrogens (primary N) is 1. The van der Waals surface area contributed by atoms with Crippen molar-refractivity contribution in [2.45, 2.75) is 50.1 Å². The third kappa shape index (κ3) is 3.06. The van der Waals surface area contributed by atoms with Crippen molar-refractivity contribution < 1.29 is 25.0 Å². The van der Waals surface area contributed by atoms with E-state index < -0.39 is 18.0 Å². The number of carbonyl (C=O) groups excluding carboxylic acids is 1. The van der Waals surface area contributed by atoms with Gasteiger partial charge in [0.25, 0.3) is 0 Å². The predicted molar refractivity (Wildman–Crippen MR) is 95.4 cm³/mol. The number of fused-ring (bicyclic) bond motifs is 1. The summed E-state index contributed by atoms with van der Waals surface area (Å²) >= 11 is 1.48. The summed E-state index contributed by atoms with van der Waals surface area (Å²) < 4.78 is 0.